The van der Waals surface area contributed by atoms with Crippen LogP contribution in [0.15, 0.2) is 0 Å². The van der Waals surface area contributed by atoms with Gasteiger partial charge in [0.15, 0.2) is 0 Å². The Morgan fingerprint density at radius 3 is 2.39 bits per heavy atom. The van der Waals surface area contributed by atoms with Crippen LogP contribution in [-0.2, 0) is 4.79 Å². The molecule has 0 bridgehead atoms. The SMILES string of the molecule is CCCCCC(F)CC[C@H]1CCC[C@@H]1CCCCCCC(=O)O. The molecule has 0 aliphatic heterocycles. The Labute approximate surface area is 142 Å². The number of hydrogen-bond acceptors (Lipinski definition) is 1. The Morgan fingerprint density at radius 1 is 1.00 bits per heavy atom. The monoisotopic (exact) mass is 328 g/mol. The zero-order chi connectivity index (χ0) is 16.9. The third-order valence-electron chi connectivity index (χ3n) is 5.50. The maximum absolute atomic E-state index is 13.9. The summed E-state index contributed by atoms with van der Waals surface area (Å²) >= 11 is 0. The normalized spacial score (nSPS) is 22.3. The molecular formula is C20H37FO2. The summed E-state index contributed by atoms with van der Waals surface area (Å²) in [6.45, 7) is 2.16. The second-order valence-electron chi connectivity index (χ2n) is 7.47. The summed E-state index contributed by atoms with van der Waals surface area (Å²) in [6.07, 6.45) is 15.1. The molecule has 1 saturated carbocycles. The Bertz CT molecular complexity index is 306. The lowest BCUT2D eigenvalue weighted by molar-refractivity contribution is -0.137. The first-order valence-corrected chi connectivity index (χ1v) is 9.99. The van der Waals surface area contributed by atoms with E-state index in [9.17, 15) is 9.18 Å². The van der Waals surface area contributed by atoms with E-state index in [1.54, 1.807) is 0 Å². The van der Waals surface area contributed by atoms with Gasteiger partial charge in [-0.25, -0.2) is 4.39 Å². The number of rotatable bonds is 14. The molecule has 0 heterocycles. The first-order valence-electron chi connectivity index (χ1n) is 9.99. The summed E-state index contributed by atoms with van der Waals surface area (Å²) in [5.74, 6) is 0.872. The molecule has 0 saturated heterocycles. The van der Waals surface area contributed by atoms with Crippen LogP contribution < -0.4 is 0 Å². The molecule has 0 amide bonds. The summed E-state index contributed by atoms with van der Waals surface area (Å²) in [7, 11) is 0. The van der Waals surface area contributed by atoms with Gasteiger partial charge in [-0.3, -0.25) is 4.79 Å². The number of aliphatic carboxylic acids is 1. The molecule has 2 nitrogen and oxygen atoms in total. The third-order valence-corrected chi connectivity index (χ3v) is 5.50. The Hall–Kier alpha value is -0.600. The van der Waals surface area contributed by atoms with Gasteiger partial charge >= 0.3 is 5.97 Å². The predicted octanol–water partition coefficient (Wildman–Crippen LogP) is 6.53. The summed E-state index contributed by atoms with van der Waals surface area (Å²) in [5, 5.41) is 8.62. The molecule has 0 aromatic rings. The quantitative estimate of drug-likeness (QED) is 0.368. The lowest BCUT2D eigenvalue weighted by Crippen LogP contribution is -2.11. The number of unbranched alkanes of at least 4 members (excludes halogenated alkanes) is 5. The minimum Gasteiger partial charge on any atom is -0.481 e. The molecule has 1 fully saturated rings. The lowest BCUT2D eigenvalue weighted by atomic mass is 9.86. The van der Waals surface area contributed by atoms with Gasteiger partial charge in [-0.15, -0.1) is 0 Å². The summed E-state index contributed by atoms with van der Waals surface area (Å²) in [5.41, 5.74) is 0. The summed E-state index contributed by atoms with van der Waals surface area (Å²) < 4.78 is 13.9. The molecule has 1 unspecified atom stereocenters. The summed E-state index contributed by atoms with van der Waals surface area (Å²) in [4.78, 5) is 10.5. The van der Waals surface area contributed by atoms with Gasteiger partial charge in [-0.05, 0) is 37.5 Å². The predicted molar refractivity (Wildman–Crippen MR) is 94.4 cm³/mol. The van der Waals surface area contributed by atoms with E-state index in [1.807, 2.05) is 0 Å². The molecule has 1 N–H and O–H groups in total. The average molecular weight is 329 g/mol. The lowest BCUT2D eigenvalue weighted by Gasteiger charge is -2.20. The van der Waals surface area contributed by atoms with E-state index < -0.39 is 12.1 Å². The van der Waals surface area contributed by atoms with Crippen LogP contribution in [0.25, 0.3) is 0 Å². The van der Waals surface area contributed by atoms with Crippen LogP contribution in [0.5, 0.6) is 0 Å². The van der Waals surface area contributed by atoms with Gasteiger partial charge < -0.3 is 5.11 Å². The van der Waals surface area contributed by atoms with E-state index in [4.69, 9.17) is 5.11 Å². The fourth-order valence-electron chi connectivity index (χ4n) is 4.07. The van der Waals surface area contributed by atoms with Crippen LogP contribution in [0.3, 0.4) is 0 Å². The number of hydrogen-bond donors (Lipinski definition) is 1. The first-order chi connectivity index (χ1) is 11.1. The highest BCUT2D eigenvalue weighted by Gasteiger charge is 2.27. The van der Waals surface area contributed by atoms with Crippen molar-refractivity contribution in [1.82, 2.24) is 0 Å². The van der Waals surface area contributed by atoms with Crippen LogP contribution >= 0.6 is 0 Å². The second-order valence-corrected chi connectivity index (χ2v) is 7.47. The van der Waals surface area contributed by atoms with Crippen LogP contribution in [0.4, 0.5) is 4.39 Å². The van der Waals surface area contributed by atoms with Gasteiger partial charge in [-0.2, -0.15) is 0 Å². The fourth-order valence-corrected chi connectivity index (χ4v) is 4.07. The van der Waals surface area contributed by atoms with Crippen molar-refractivity contribution in [3.63, 3.8) is 0 Å². The molecule has 0 aromatic heterocycles. The topological polar surface area (TPSA) is 37.3 Å². The maximum Gasteiger partial charge on any atom is 0.303 e. The Morgan fingerprint density at radius 2 is 1.70 bits per heavy atom. The van der Waals surface area contributed by atoms with E-state index in [0.29, 0.717) is 6.42 Å². The zero-order valence-corrected chi connectivity index (χ0v) is 15.1. The van der Waals surface area contributed by atoms with E-state index in [2.05, 4.69) is 6.92 Å². The van der Waals surface area contributed by atoms with Gasteiger partial charge in [0.1, 0.15) is 6.17 Å². The maximum atomic E-state index is 13.9. The number of halogens is 1. The highest BCUT2D eigenvalue weighted by molar-refractivity contribution is 5.66. The van der Waals surface area contributed by atoms with Crippen molar-refractivity contribution in [1.29, 1.82) is 0 Å². The molecule has 3 heteroatoms. The van der Waals surface area contributed by atoms with E-state index in [0.717, 1.165) is 63.2 Å². The molecule has 0 spiro atoms. The number of carboxylic acid groups (broad SMARTS) is 1. The van der Waals surface area contributed by atoms with Gasteiger partial charge in [0.2, 0.25) is 0 Å². The molecule has 0 radical (unpaired) electrons. The number of alkyl halides is 1. The highest BCUT2D eigenvalue weighted by atomic mass is 19.1. The molecule has 1 aliphatic rings. The van der Waals surface area contributed by atoms with Crippen LogP contribution in [0.2, 0.25) is 0 Å². The minimum atomic E-state index is -0.680. The van der Waals surface area contributed by atoms with E-state index in [1.165, 1.54) is 38.5 Å². The van der Waals surface area contributed by atoms with Crippen LogP contribution in [0, 0.1) is 11.8 Å². The fraction of sp³-hybridized carbons (Fsp3) is 0.950. The van der Waals surface area contributed by atoms with Crippen molar-refractivity contribution in [3.8, 4) is 0 Å². The standard InChI is InChI=1S/C20H37FO2/c1-2-3-6-13-19(21)16-15-18-12-9-11-17(18)10-7-4-5-8-14-20(22)23/h17-19H,2-16H2,1H3,(H,22,23)/t17-,18+,19?/m0/s1. The van der Waals surface area contributed by atoms with Gasteiger partial charge in [0, 0.05) is 6.42 Å². The third kappa shape index (κ3) is 9.99. The van der Waals surface area contributed by atoms with E-state index in [-0.39, 0.29) is 0 Å². The number of carbonyl (C=O) groups is 1. The highest BCUT2D eigenvalue weighted by Crippen LogP contribution is 2.38. The Balaban J connectivity index is 2.07. The van der Waals surface area contributed by atoms with Crippen molar-refractivity contribution in [2.24, 2.45) is 11.8 Å². The first kappa shape index (κ1) is 20.4. The van der Waals surface area contributed by atoms with Crippen molar-refractivity contribution >= 4 is 5.97 Å². The van der Waals surface area contributed by atoms with Crippen molar-refractivity contribution < 1.29 is 14.3 Å². The molecule has 136 valence electrons. The minimum absolute atomic E-state index is 0.308. The molecule has 0 aromatic carbocycles. The average Bonchev–Trinajstić information content (AvgIpc) is 2.96. The molecule has 1 aliphatic carbocycles. The van der Waals surface area contributed by atoms with Gasteiger partial charge in [-0.1, -0.05) is 71.1 Å². The molecule has 1 rings (SSSR count). The number of carboxylic acids is 1. The van der Waals surface area contributed by atoms with E-state index >= 15 is 0 Å². The Kier molecular flexibility index (Phi) is 11.4. The smallest absolute Gasteiger partial charge is 0.303 e. The van der Waals surface area contributed by atoms with Crippen molar-refractivity contribution in [2.45, 2.75) is 109 Å². The largest absolute Gasteiger partial charge is 0.481 e. The molecule has 3 atom stereocenters. The summed E-state index contributed by atoms with van der Waals surface area (Å²) in [6, 6.07) is 0. The molecule has 23 heavy (non-hydrogen) atoms. The molecular weight excluding hydrogens is 291 g/mol. The van der Waals surface area contributed by atoms with Crippen LogP contribution in [0.1, 0.15) is 103 Å². The van der Waals surface area contributed by atoms with Crippen molar-refractivity contribution in [2.75, 3.05) is 0 Å². The van der Waals surface area contributed by atoms with Crippen LogP contribution in [-0.4, -0.2) is 17.2 Å². The zero-order valence-electron chi connectivity index (χ0n) is 15.1. The van der Waals surface area contributed by atoms with Crippen molar-refractivity contribution in [3.05, 3.63) is 0 Å². The second kappa shape index (κ2) is 12.8. The van der Waals surface area contributed by atoms with Gasteiger partial charge in [0.25, 0.3) is 0 Å². The van der Waals surface area contributed by atoms with Gasteiger partial charge in [0.05, 0.1) is 0 Å².